The van der Waals surface area contributed by atoms with Crippen molar-refractivity contribution in [2.75, 3.05) is 49.9 Å². The number of hydrogen-bond donors (Lipinski definition) is 2. The number of thioether (sulfide) groups is 1. The molecule has 4 aromatic rings. The van der Waals surface area contributed by atoms with Gasteiger partial charge in [-0.25, -0.2) is 0 Å². The Labute approximate surface area is 352 Å². The number of nitrogens with one attached hydrogen (secondary N) is 2. The van der Waals surface area contributed by atoms with E-state index in [1.165, 1.54) is 23.0 Å². The third-order valence-corrected chi connectivity index (χ3v) is 14.3. The maximum atomic E-state index is 14.1. The Hall–Kier alpha value is -5.78. The van der Waals surface area contributed by atoms with Gasteiger partial charge in [0, 0.05) is 102 Å². The Morgan fingerprint density at radius 1 is 0.883 bits per heavy atom. The van der Waals surface area contributed by atoms with Crippen molar-refractivity contribution in [2.45, 2.75) is 81.7 Å². The Balaban J connectivity index is 0.779. The first-order valence-electron chi connectivity index (χ1n) is 20.9. The van der Waals surface area contributed by atoms with Crippen LogP contribution in [-0.4, -0.2) is 112 Å². The minimum Gasteiger partial charge on any atom is -0.371 e. The molecule has 0 bridgehead atoms. The highest BCUT2D eigenvalue weighted by atomic mass is 32.2. The number of aromatic amines is 1. The molecular formula is C46H47N7O6S. The van der Waals surface area contributed by atoms with Crippen LogP contribution in [0.2, 0.25) is 0 Å². The summed E-state index contributed by atoms with van der Waals surface area (Å²) in [5.74, 6) is -1.48. The molecule has 0 spiro atoms. The van der Waals surface area contributed by atoms with Crippen LogP contribution < -0.4 is 10.2 Å². The number of piperidine rings is 2. The molecule has 3 aromatic carbocycles. The van der Waals surface area contributed by atoms with E-state index in [0.717, 1.165) is 83.0 Å². The molecule has 308 valence electrons. The zero-order valence-corrected chi connectivity index (χ0v) is 34.9. The van der Waals surface area contributed by atoms with E-state index in [9.17, 15) is 34.0 Å². The van der Waals surface area contributed by atoms with Gasteiger partial charge in [0.15, 0.2) is 5.78 Å². The first-order chi connectivity index (χ1) is 28.9. The van der Waals surface area contributed by atoms with Crippen molar-refractivity contribution in [2.24, 2.45) is 0 Å². The van der Waals surface area contributed by atoms with Gasteiger partial charge in [-0.15, -0.1) is 11.8 Å². The molecule has 9 rings (SSSR count). The van der Waals surface area contributed by atoms with Gasteiger partial charge in [-0.1, -0.05) is 26.8 Å². The number of aryl methyl sites for hydroxylation is 1. The van der Waals surface area contributed by atoms with Crippen LogP contribution in [0.25, 0.3) is 10.9 Å². The van der Waals surface area contributed by atoms with Crippen molar-refractivity contribution in [1.82, 2.24) is 25.0 Å². The SMILES string of the molecule is CCc1cc2c(cc1N1CCC(N3CCN(C(=O)CCSc4ccc5c(c4)C(=O)N(C4CCC(=O)NC4=O)C5=O)CC3)CC1)C(C)(C)c1[nH]c3cc(C#N)ccc3c1C2=O. The van der Waals surface area contributed by atoms with Crippen molar-refractivity contribution >= 4 is 63.7 Å². The quantitative estimate of drug-likeness (QED) is 0.179. The summed E-state index contributed by atoms with van der Waals surface area (Å²) in [7, 11) is 0. The number of piperazine rings is 1. The Kier molecular flexibility index (Phi) is 10.2. The molecule has 5 aliphatic rings. The minimum absolute atomic E-state index is 0.0312. The molecule has 3 fully saturated rings. The highest BCUT2D eigenvalue weighted by Crippen LogP contribution is 2.46. The summed E-state index contributed by atoms with van der Waals surface area (Å²) in [6, 6.07) is 16.5. The second-order valence-electron chi connectivity index (χ2n) is 17.0. The van der Waals surface area contributed by atoms with Gasteiger partial charge in [-0.05, 0) is 79.3 Å². The average Bonchev–Trinajstić information content (AvgIpc) is 3.77. The minimum atomic E-state index is -1.01. The van der Waals surface area contributed by atoms with E-state index >= 15 is 0 Å². The van der Waals surface area contributed by atoms with Crippen LogP contribution in [0, 0.1) is 11.3 Å². The number of hydrogen-bond acceptors (Lipinski definition) is 10. The first kappa shape index (κ1) is 39.7. The van der Waals surface area contributed by atoms with E-state index in [1.54, 1.807) is 24.3 Å². The summed E-state index contributed by atoms with van der Waals surface area (Å²) in [6.45, 7) is 11.3. The predicted octanol–water partition coefficient (Wildman–Crippen LogP) is 5.17. The third-order valence-electron chi connectivity index (χ3n) is 13.3. The maximum Gasteiger partial charge on any atom is 0.262 e. The first-order valence-corrected chi connectivity index (χ1v) is 21.9. The van der Waals surface area contributed by atoms with Crippen LogP contribution in [-0.2, 0) is 26.2 Å². The lowest BCUT2D eigenvalue weighted by Gasteiger charge is -2.44. The van der Waals surface area contributed by atoms with E-state index in [0.29, 0.717) is 42.4 Å². The smallest absolute Gasteiger partial charge is 0.262 e. The summed E-state index contributed by atoms with van der Waals surface area (Å²) in [4.78, 5) is 89.9. The number of imide groups is 2. The van der Waals surface area contributed by atoms with Crippen LogP contribution in [0.3, 0.4) is 0 Å². The fourth-order valence-electron chi connectivity index (χ4n) is 9.92. The van der Waals surface area contributed by atoms with Crippen LogP contribution in [0.15, 0.2) is 53.4 Å². The summed E-state index contributed by atoms with van der Waals surface area (Å²) >= 11 is 1.45. The van der Waals surface area contributed by atoms with E-state index in [1.807, 2.05) is 17.0 Å². The molecule has 13 nitrogen and oxygen atoms in total. The van der Waals surface area contributed by atoms with Gasteiger partial charge in [0.05, 0.1) is 28.3 Å². The van der Waals surface area contributed by atoms with Crippen LogP contribution in [0.1, 0.15) is 112 Å². The monoisotopic (exact) mass is 825 g/mol. The molecule has 0 saturated carbocycles. The highest BCUT2D eigenvalue weighted by Gasteiger charge is 2.45. The molecule has 14 heteroatoms. The van der Waals surface area contributed by atoms with E-state index in [4.69, 9.17) is 0 Å². The third kappa shape index (κ3) is 6.68. The predicted molar refractivity (Wildman–Crippen MR) is 226 cm³/mol. The fourth-order valence-corrected chi connectivity index (χ4v) is 10.8. The second kappa shape index (κ2) is 15.4. The van der Waals surface area contributed by atoms with Gasteiger partial charge in [0.1, 0.15) is 6.04 Å². The number of nitrogens with zero attached hydrogens (tertiary/aromatic N) is 5. The molecule has 5 heterocycles. The largest absolute Gasteiger partial charge is 0.371 e. The van der Waals surface area contributed by atoms with Crippen molar-refractivity contribution in [3.63, 3.8) is 0 Å². The van der Waals surface area contributed by atoms with Crippen LogP contribution >= 0.6 is 11.8 Å². The number of ketones is 1. The number of aromatic nitrogens is 1. The Morgan fingerprint density at radius 3 is 2.35 bits per heavy atom. The summed E-state index contributed by atoms with van der Waals surface area (Å²) < 4.78 is 0. The highest BCUT2D eigenvalue weighted by molar-refractivity contribution is 7.99. The summed E-state index contributed by atoms with van der Waals surface area (Å²) in [5, 5.41) is 12.5. The Morgan fingerprint density at radius 2 is 1.63 bits per heavy atom. The van der Waals surface area contributed by atoms with Gasteiger partial charge in [0.25, 0.3) is 11.8 Å². The Bertz CT molecular complexity index is 2560. The molecule has 5 amide bonds. The van der Waals surface area contributed by atoms with E-state index in [2.05, 4.69) is 59.1 Å². The number of nitriles is 1. The molecule has 60 heavy (non-hydrogen) atoms. The van der Waals surface area contributed by atoms with Gasteiger partial charge in [-0.2, -0.15) is 5.26 Å². The van der Waals surface area contributed by atoms with Gasteiger partial charge < -0.3 is 14.8 Å². The number of benzene rings is 3. The zero-order chi connectivity index (χ0) is 42.0. The average molecular weight is 826 g/mol. The lowest BCUT2D eigenvalue weighted by molar-refractivity contribution is -0.136. The molecule has 2 N–H and O–H groups in total. The molecule has 0 radical (unpaired) electrons. The van der Waals surface area contributed by atoms with Crippen LogP contribution in [0.5, 0.6) is 0 Å². The molecular weight excluding hydrogens is 779 g/mol. The number of carbonyl (C=O) groups excluding carboxylic acids is 6. The molecule has 1 atom stereocenters. The van der Waals surface area contributed by atoms with Crippen molar-refractivity contribution < 1.29 is 28.8 Å². The van der Waals surface area contributed by atoms with Gasteiger partial charge >= 0.3 is 0 Å². The maximum absolute atomic E-state index is 14.1. The number of fused-ring (bicyclic) bond motifs is 5. The number of rotatable bonds is 8. The van der Waals surface area contributed by atoms with Gasteiger partial charge in [-0.3, -0.25) is 43.9 Å². The second-order valence-corrected chi connectivity index (χ2v) is 18.1. The standard InChI is InChI=1S/C46H47N7O6S/c1-4-27-22-33-34(46(2,3)42-40(41(33)56)31-7-5-26(25-47)21-35(31)48-42)24-37(27)51-14-11-28(12-15-51)50-16-18-52(19-17-50)39(55)13-20-60-29-6-8-30-32(23-29)45(59)53(44(30)58)36-9-10-38(54)49-43(36)57/h5-8,21-24,28,36,48H,4,9-20H2,1-3H3,(H,49,54,57). The number of carbonyl (C=O) groups is 6. The lowest BCUT2D eigenvalue weighted by Crippen LogP contribution is -2.54. The van der Waals surface area contributed by atoms with Crippen molar-refractivity contribution in [3.8, 4) is 6.07 Å². The topological polar surface area (TPSA) is 167 Å². The summed E-state index contributed by atoms with van der Waals surface area (Å²) in [6.07, 6.45) is 3.37. The number of amides is 5. The van der Waals surface area contributed by atoms with Crippen molar-refractivity contribution in [3.05, 3.63) is 93.2 Å². The zero-order valence-electron chi connectivity index (χ0n) is 34.1. The molecule has 3 saturated heterocycles. The van der Waals surface area contributed by atoms with E-state index in [-0.39, 0.29) is 35.7 Å². The van der Waals surface area contributed by atoms with Crippen molar-refractivity contribution in [1.29, 1.82) is 5.26 Å². The van der Waals surface area contributed by atoms with E-state index < -0.39 is 35.1 Å². The number of H-pyrrole nitrogens is 1. The lowest BCUT2D eigenvalue weighted by atomic mass is 9.70. The summed E-state index contributed by atoms with van der Waals surface area (Å²) in [5.41, 5.74) is 7.17. The van der Waals surface area contributed by atoms with Crippen LogP contribution in [0.4, 0.5) is 5.69 Å². The molecule has 1 unspecified atom stereocenters. The number of anilines is 1. The molecule has 4 aliphatic heterocycles. The fraction of sp³-hybridized carbons (Fsp3) is 0.413. The molecule has 1 aromatic heterocycles. The normalized spacial score (nSPS) is 20.6. The molecule has 1 aliphatic carbocycles. The van der Waals surface area contributed by atoms with Gasteiger partial charge in [0.2, 0.25) is 17.7 Å².